The van der Waals surface area contributed by atoms with E-state index in [0.29, 0.717) is 18.0 Å². The van der Waals surface area contributed by atoms with Gasteiger partial charge in [0, 0.05) is 12.6 Å². The summed E-state index contributed by atoms with van der Waals surface area (Å²) >= 11 is 5.68. The summed E-state index contributed by atoms with van der Waals surface area (Å²) in [7, 11) is 1.51. The molecule has 0 amide bonds. The van der Waals surface area contributed by atoms with E-state index in [2.05, 4.69) is 5.32 Å². The Balaban J connectivity index is 2.11. The number of rotatable bonds is 4. The standard InChI is InChI=1S/C14H12ClF2NO/c1-19-10-3-5-13(17)14(7-10)18-8-9-2-4-12(16)11(15)6-9/h2-7,18H,8H2,1H3. The van der Waals surface area contributed by atoms with Gasteiger partial charge in [0.2, 0.25) is 0 Å². The molecule has 0 aliphatic carbocycles. The van der Waals surface area contributed by atoms with Gasteiger partial charge in [0.15, 0.2) is 0 Å². The normalized spacial score (nSPS) is 10.3. The molecule has 2 aromatic carbocycles. The first-order chi connectivity index (χ1) is 9.10. The molecule has 0 fully saturated rings. The van der Waals surface area contributed by atoms with Crippen molar-refractivity contribution >= 4 is 17.3 Å². The second kappa shape index (κ2) is 5.89. The fourth-order valence-electron chi connectivity index (χ4n) is 1.61. The molecule has 0 unspecified atom stereocenters. The third-order valence-electron chi connectivity index (χ3n) is 2.64. The molecule has 0 aliphatic heterocycles. The Kier molecular flexibility index (Phi) is 4.22. The van der Waals surface area contributed by atoms with Gasteiger partial charge in [0.25, 0.3) is 0 Å². The third-order valence-corrected chi connectivity index (χ3v) is 2.93. The SMILES string of the molecule is COc1ccc(F)c(NCc2ccc(F)c(Cl)c2)c1. The van der Waals surface area contributed by atoms with Crippen LogP contribution in [0.5, 0.6) is 5.75 Å². The topological polar surface area (TPSA) is 21.3 Å². The van der Waals surface area contributed by atoms with E-state index in [1.165, 1.54) is 31.4 Å². The van der Waals surface area contributed by atoms with Crippen LogP contribution >= 0.6 is 11.6 Å². The average molecular weight is 284 g/mol. The van der Waals surface area contributed by atoms with Crippen LogP contribution in [0.1, 0.15) is 5.56 Å². The van der Waals surface area contributed by atoms with Gasteiger partial charge >= 0.3 is 0 Å². The zero-order valence-electron chi connectivity index (χ0n) is 10.2. The summed E-state index contributed by atoms with van der Waals surface area (Å²) < 4.78 is 31.6. The van der Waals surface area contributed by atoms with E-state index in [-0.39, 0.29) is 10.8 Å². The molecule has 2 aromatic rings. The monoisotopic (exact) mass is 283 g/mol. The van der Waals surface area contributed by atoms with Crippen LogP contribution in [-0.2, 0) is 6.54 Å². The fourth-order valence-corrected chi connectivity index (χ4v) is 1.82. The second-order valence-corrected chi connectivity index (χ2v) is 4.35. The first-order valence-corrected chi connectivity index (χ1v) is 5.99. The lowest BCUT2D eigenvalue weighted by molar-refractivity contribution is 0.414. The Morgan fingerprint density at radius 2 is 1.84 bits per heavy atom. The zero-order chi connectivity index (χ0) is 13.8. The van der Waals surface area contributed by atoms with Crippen molar-refractivity contribution < 1.29 is 13.5 Å². The van der Waals surface area contributed by atoms with Crippen molar-refractivity contribution in [1.82, 2.24) is 0 Å². The summed E-state index contributed by atoms with van der Waals surface area (Å²) in [6.07, 6.45) is 0. The first-order valence-electron chi connectivity index (χ1n) is 5.61. The molecule has 2 rings (SSSR count). The minimum atomic E-state index is -0.474. The minimum Gasteiger partial charge on any atom is -0.497 e. The lowest BCUT2D eigenvalue weighted by Crippen LogP contribution is -2.02. The van der Waals surface area contributed by atoms with Gasteiger partial charge in [-0.3, -0.25) is 0 Å². The summed E-state index contributed by atoms with van der Waals surface area (Å²) in [5.74, 6) is -0.298. The summed E-state index contributed by atoms with van der Waals surface area (Å²) in [6, 6.07) is 8.78. The van der Waals surface area contributed by atoms with Crippen molar-refractivity contribution in [3.8, 4) is 5.75 Å². The third kappa shape index (κ3) is 3.35. The lowest BCUT2D eigenvalue weighted by Gasteiger charge is -2.09. The molecule has 0 bridgehead atoms. The van der Waals surface area contributed by atoms with Crippen LogP contribution in [-0.4, -0.2) is 7.11 Å². The Hall–Kier alpha value is -1.81. The van der Waals surface area contributed by atoms with Crippen LogP contribution in [0.25, 0.3) is 0 Å². The van der Waals surface area contributed by atoms with Crippen molar-refractivity contribution in [3.63, 3.8) is 0 Å². The van der Waals surface area contributed by atoms with Gasteiger partial charge in [-0.15, -0.1) is 0 Å². The number of ether oxygens (including phenoxy) is 1. The van der Waals surface area contributed by atoms with Gasteiger partial charge < -0.3 is 10.1 Å². The maximum atomic E-state index is 13.5. The van der Waals surface area contributed by atoms with Gasteiger partial charge in [0.1, 0.15) is 17.4 Å². The summed E-state index contributed by atoms with van der Waals surface area (Å²) in [4.78, 5) is 0. The fraction of sp³-hybridized carbons (Fsp3) is 0.143. The van der Waals surface area contributed by atoms with Crippen LogP contribution in [0.15, 0.2) is 36.4 Å². The molecular weight excluding hydrogens is 272 g/mol. The van der Waals surface area contributed by atoms with E-state index >= 15 is 0 Å². The van der Waals surface area contributed by atoms with Crippen LogP contribution in [0.4, 0.5) is 14.5 Å². The summed E-state index contributed by atoms with van der Waals surface area (Å²) in [5, 5.41) is 2.96. The molecule has 0 saturated heterocycles. The average Bonchev–Trinajstić information content (AvgIpc) is 2.41. The molecule has 0 heterocycles. The largest absolute Gasteiger partial charge is 0.497 e. The first kappa shape index (κ1) is 13.6. The molecule has 1 N–H and O–H groups in total. The van der Waals surface area contributed by atoms with E-state index in [4.69, 9.17) is 16.3 Å². The Morgan fingerprint density at radius 3 is 2.53 bits per heavy atom. The number of nitrogens with one attached hydrogen (secondary N) is 1. The van der Waals surface area contributed by atoms with E-state index in [1.54, 1.807) is 12.1 Å². The van der Waals surface area contributed by atoms with E-state index in [9.17, 15) is 8.78 Å². The molecule has 0 aromatic heterocycles. The van der Waals surface area contributed by atoms with Gasteiger partial charge in [0.05, 0.1) is 17.8 Å². The molecule has 0 saturated carbocycles. The predicted octanol–water partition coefficient (Wildman–Crippen LogP) is 4.24. The molecule has 100 valence electrons. The van der Waals surface area contributed by atoms with Crippen molar-refractivity contribution in [2.24, 2.45) is 0 Å². The summed E-state index contributed by atoms with van der Waals surface area (Å²) in [6.45, 7) is 0.337. The lowest BCUT2D eigenvalue weighted by atomic mass is 10.2. The Morgan fingerprint density at radius 1 is 1.11 bits per heavy atom. The van der Waals surface area contributed by atoms with Crippen LogP contribution in [0.2, 0.25) is 5.02 Å². The maximum absolute atomic E-state index is 13.5. The molecule has 0 radical (unpaired) electrons. The molecular formula is C14H12ClF2NO. The van der Waals surface area contributed by atoms with Gasteiger partial charge in [-0.25, -0.2) is 8.78 Å². The summed E-state index contributed by atoms with van der Waals surface area (Å²) in [5.41, 5.74) is 1.08. The van der Waals surface area contributed by atoms with E-state index in [0.717, 1.165) is 5.56 Å². The second-order valence-electron chi connectivity index (χ2n) is 3.95. The van der Waals surface area contributed by atoms with Crippen molar-refractivity contribution in [1.29, 1.82) is 0 Å². The van der Waals surface area contributed by atoms with Crippen molar-refractivity contribution in [2.45, 2.75) is 6.54 Å². The highest BCUT2D eigenvalue weighted by molar-refractivity contribution is 6.30. The van der Waals surface area contributed by atoms with Crippen LogP contribution < -0.4 is 10.1 Å². The van der Waals surface area contributed by atoms with Crippen LogP contribution in [0.3, 0.4) is 0 Å². The highest BCUT2D eigenvalue weighted by atomic mass is 35.5. The molecule has 5 heteroatoms. The quantitative estimate of drug-likeness (QED) is 0.906. The van der Waals surface area contributed by atoms with E-state index < -0.39 is 5.82 Å². The van der Waals surface area contributed by atoms with Gasteiger partial charge in [-0.2, -0.15) is 0 Å². The molecule has 2 nitrogen and oxygen atoms in total. The minimum absolute atomic E-state index is 0.0467. The number of benzene rings is 2. The predicted molar refractivity (Wildman–Crippen MR) is 71.7 cm³/mol. The number of anilines is 1. The van der Waals surface area contributed by atoms with Crippen molar-refractivity contribution in [2.75, 3.05) is 12.4 Å². The van der Waals surface area contributed by atoms with Crippen LogP contribution in [0, 0.1) is 11.6 Å². The van der Waals surface area contributed by atoms with E-state index in [1.807, 2.05) is 0 Å². The number of methoxy groups -OCH3 is 1. The Bertz CT molecular complexity index is 590. The maximum Gasteiger partial charge on any atom is 0.146 e. The zero-order valence-corrected chi connectivity index (χ0v) is 11.0. The smallest absolute Gasteiger partial charge is 0.146 e. The molecule has 0 spiro atoms. The van der Waals surface area contributed by atoms with Crippen molar-refractivity contribution in [3.05, 3.63) is 58.6 Å². The Labute approximate surface area is 115 Å². The highest BCUT2D eigenvalue weighted by Crippen LogP contribution is 2.22. The number of hydrogen-bond donors (Lipinski definition) is 1. The highest BCUT2D eigenvalue weighted by Gasteiger charge is 2.05. The molecule has 19 heavy (non-hydrogen) atoms. The molecule has 0 atom stereocenters. The van der Waals surface area contributed by atoms with Gasteiger partial charge in [-0.1, -0.05) is 17.7 Å². The number of hydrogen-bond acceptors (Lipinski definition) is 2. The van der Waals surface area contributed by atoms with Gasteiger partial charge in [-0.05, 0) is 29.8 Å². The molecule has 0 aliphatic rings. The number of halogens is 3.